The Labute approximate surface area is 91.8 Å². The molecule has 74 valence electrons. The molecule has 0 aromatic carbocycles. The highest BCUT2D eigenvalue weighted by Gasteiger charge is 2.16. The second-order valence-electron chi connectivity index (χ2n) is 2.85. The van der Waals surface area contributed by atoms with Crippen molar-refractivity contribution in [3.8, 4) is 0 Å². The molecule has 1 aliphatic rings. The number of furan rings is 1. The van der Waals surface area contributed by atoms with Gasteiger partial charge in [0.15, 0.2) is 4.67 Å². The van der Waals surface area contributed by atoms with Crippen LogP contribution in [0.15, 0.2) is 21.2 Å². The van der Waals surface area contributed by atoms with Crippen LogP contribution in [0.4, 0.5) is 0 Å². The summed E-state index contributed by atoms with van der Waals surface area (Å²) in [7, 11) is 0. The van der Waals surface area contributed by atoms with Crippen LogP contribution in [0.5, 0.6) is 0 Å². The van der Waals surface area contributed by atoms with Gasteiger partial charge in [0.1, 0.15) is 5.76 Å². The van der Waals surface area contributed by atoms with Gasteiger partial charge in [-0.15, -0.1) is 12.4 Å². The molecule has 3 nitrogen and oxygen atoms in total. The largest absolute Gasteiger partial charge is 0.453 e. The standard InChI is InChI=1S/C8H11BrN2O.ClH/c9-8-2-1-7(12-8)6-5-10-3-4-11-6;/h1-2,6,10-11H,3-5H2;1H/t6-;/m0./s1. The van der Waals surface area contributed by atoms with Crippen LogP contribution in [0.2, 0.25) is 0 Å². The van der Waals surface area contributed by atoms with Crippen LogP contribution >= 0.6 is 28.3 Å². The summed E-state index contributed by atoms with van der Waals surface area (Å²) in [4.78, 5) is 0. The summed E-state index contributed by atoms with van der Waals surface area (Å²) < 4.78 is 6.23. The molecule has 1 aliphatic heterocycles. The Morgan fingerprint density at radius 3 is 2.77 bits per heavy atom. The zero-order valence-electron chi connectivity index (χ0n) is 7.05. The van der Waals surface area contributed by atoms with E-state index in [9.17, 15) is 0 Å². The lowest BCUT2D eigenvalue weighted by Gasteiger charge is -2.22. The van der Waals surface area contributed by atoms with Gasteiger partial charge in [-0.25, -0.2) is 0 Å². The Bertz CT molecular complexity index is 260. The third-order valence-corrected chi connectivity index (χ3v) is 2.40. The molecule has 1 saturated heterocycles. The van der Waals surface area contributed by atoms with Crippen molar-refractivity contribution in [1.29, 1.82) is 0 Å². The van der Waals surface area contributed by atoms with Gasteiger partial charge in [-0.1, -0.05) is 0 Å². The third-order valence-electron chi connectivity index (χ3n) is 1.98. The molecule has 1 aromatic rings. The molecule has 0 unspecified atom stereocenters. The highest BCUT2D eigenvalue weighted by atomic mass is 79.9. The lowest BCUT2D eigenvalue weighted by atomic mass is 10.2. The molecule has 5 heteroatoms. The van der Waals surface area contributed by atoms with Gasteiger partial charge in [0, 0.05) is 19.6 Å². The second kappa shape index (κ2) is 5.00. The van der Waals surface area contributed by atoms with Gasteiger partial charge in [0.2, 0.25) is 0 Å². The van der Waals surface area contributed by atoms with Crippen LogP contribution in [-0.4, -0.2) is 19.6 Å². The maximum Gasteiger partial charge on any atom is 0.169 e. The Balaban J connectivity index is 0.000000845. The topological polar surface area (TPSA) is 37.2 Å². The molecular formula is C8H12BrClN2O. The molecule has 2 heterocycles. The molecule has 0 amide bonds. The Kier molecular flexibility index (Phi) is 4.25. The summed E-state index contributed by atoms with van der Waals surface area (Å²) >= 11 is 3.28. The molecule has 1 fully saturated rings. The summed E-state index contributed by atoms with van der Waals surface area (Å²) in [6.45, 7) is 2.99. The normalized spacial score (nSPS) is 22.4. The smallest absolute Gasteiger partial charge is 0.169 e. The Morgan fingerprint density at radius 1 is 1.38 bits per heavy atom. The molecule has 1 atom stereocenters. The first-order valence-corrected chi connectivity index (χ1v) is 4.85. The zero-order valence-corrected chi connectivity index (χ0v) is 9.45. The van der Waals surface area contributed by atoms with E-state index in [4.69, 9.17) is 4.42 Å². The molecule has 0 radical (unpaired) electrons. The zero-order chi connectivity index (χ0) is 8.39. The van der Waals surface area contributed by atoms with E-state index in [1.807, 2.05) is 12.1 Å². The first-order chi connectivity index (χ1) is 5.86. The number of rotatable bonds is 1. The highest BCUT2D eigenvalue weighted by Crippen LogP contribution is 2.20. The van der Waals surface area contributed by atoms with Crippen LogP contribution in [0.3, 0.4) is 0 Å². The van der Waals surface area contributed by atoms with Crippen molar-refractivity contribution < 1.29 is 4.42 Å². The fourth-order valence-electron chi connectivity index (χ4n) is 1.37. The second-order valence-corrected chi connectivity index (χ2v) is 3.63. The predicted octanol–water partition coefficient (Wildman–Crippen LogP) is 1.70. The van der Waals surface area contributed by atoms with Crippen molar-refractivity contribution in [3.05, 3.63) is 22.6 Å². The number of nitrogens with one attached hydrogen (secondary N) is 2. The molecule has 13 heavy (non-hydrogen) atoms. The van der Waals surface area contributed by atoms with Gasteiger partial charge in [-0.05, 0) is 28.1 Å². The van der Waals surface area contributed by atoms with E-state index in [1.54, 1.807) is 0 Å². The van der Waals surface area contributed by atoms with Gasteiger partial charge >= 0.3 is 0 Å². The monoisotopic (exact) mass is 266 g/mol. The van der Waals surface area contributed by atoms with Crippen LogP contribution < -0.4 is 10.6 Å². The maximum absolute atomic E-state index is 5.44. The van der Waals surface area contributed by atoms with Crippen LogP contribution in [0.1, 0.15) is 11.8 Å². The minimum atomic E-state index is 0. The molecule has 0 saturated carbocycles. The van der Waals surface area contributed by atoms with E-state index < -0.39 is 0 Å². The molecule has 2 rings (SSSR count). The van der Waals surface area contributed by atoms with E-state index in [0.29, 0.717) is 6.04 Å². The van der Waals surface area contributed by atoms with Crippen molar-refractivity contribution in [2.45, 2.75) is 6.04 Å². The number of halogens is 2. The number of piperazine rings is 1. The van der Waals surface area contributed by atoms with E-state index in [1.165, 1.54) is 0 Å². The third kappa shape index (κ3) is 2.71. The minimum Gasteiger partial charge on any atom is -0.453 e. The molecular weight excluding hydrogens is 255 g/mol. The SMILES string of the molecule is Brc1ccc([C@@H]2CNCCN2)o1.Cl. The van der Waals surface area contributed by atoms with Crippen LogP contribution in [-0.2, 0) is 0 Å². The summed E-state index contributed by atoms with van der Waals surface area (Å²) in [5.74, 6) is 0.995. The van der Waals surface area contributed by atoms with Crippen LogP contribution in [0, 0.1) is 0 Å². The fraction of sp³-hybridized carbons (Fsp3) is 0.500. The maximum atomic E-state index is 5.44. The van der Waals surface area contributed by atoms with Crippen molar-refractivity contribution >= 4 is 28.3 Å². The Hall–Kier alpha value is -0.0300. The molecule has 2 N–H and O–H groups in total. The van der Waals surface area contributed by atoms with Crippen molar-refractivity contribution in [1.82, 2.24) is 10.6 Å². The van der Waals surface area contributed by atoms with Gasteiger partial charge < -0.3 is 15.1 Å². The number of hydrogen-bond donors (Lipinski definition) is 2. The number of hydrogen-bond acceptors (Lipinski definition) is 3. The van der Waals surface area contributed by atoms with Crippen molar-refractivity contribution in [3.63, 3.8) is 0 Å². The lowest BCUT2D eigenvalue weighted by molar-refractivity contribution is 0.357. The summed E-state index contributed by atoms with van der Waals surface area (Å²) in [5, 5.41) is 6.68. The summed E-state index contributed by atoms with van der Waals surface area (Å²) in [6, 6.07) is 4.24. The first-order valence-electron chi connectivity index (χ1n) is 4.05. The van der Waals surface area contributed by atoms with Gasteiger partial charge in [-0.2, -0.15) is 0 Å². The molecule has 0 bridgehead atoms. The lowest BCUT2D eigenvalue weighted by Crippen LogP contribution is -2.42. The van der Waals surface area contributed by atoms with Gasteiger partial charge in [0.25, 0.3) is 0 Å². The molecule has 0 spiro atoms. The predicted molar refractivity (Wildman–Crippen MR) is 57.3 cm³/mol. The van der Waals surface area contributed by atoms with Crippen molar-refractivity contribution in [2.75, 3.05) is 19.6 Å². The molecule has 1 aromatic heterocycles. The van der Waals surface area contributed by atoms with E-state index in [-0.39, 0.29) is 12.4 Å². The molecule has 0 aliphatic carbocycles. The quantitative estimate of drug-likeness (QED) is 0.813. The summed E-state index contributed by atoms with van der Waals surface area (Å²) in [5.41, 5.74) is 0. The highest BCUT2D eigenvalue weighted by molar-refractivity contribution is 9.10. The summed E-state index contributed by atoms with van der Waals surface area (Å²) in [6.07, 6.45) is 0. The average molecular weight is 268 g/mol. The average Bonchev–Trinajstić information content (AvgIpc) is 2.54. The first kappa shape index (κ1) is 11.0. The minimum absolute atomic E-state index is 0. The van der Waals surface area contributed by atoms with Crippen LogP contribution in [0.25, 0.3) is 0 Å². The van der Waals surface area contributed by atoms with E-state index in [0.717, 1.165) is 30.1 Å². The van der Waals surface area contributed by atoms with Gasteiger partial charge in [-0.3, -0.25) is 0 Å². The van der Waals surface area contributed by atoms with Crippen molar-refractivity contribution in [2.24, 2.45) is 0 Å². The van der Waals surface area contributed by atoms with E-state index >= 15 is 0 Å². The fourth-order valence-corrected chi connectivity index (χ4v) is 1.69. The van der Waals surface area contributed by atoms with Gasteiger partial charge in [0.05, 0.1) is 6.04 Å². The van der Waals surface area contributed by atoms with E-state index in [2.05, 4.69) is 26.6 Å². The Morgan fingerprint density at radius 2 is 2.23 bits per heavy atom.